The molecule has 8 heteroatoms. The number of hydrogen-bond donors (Lipinski definition) is 3. The average Bonchev–Trinajstić information content (AvgIpc) is 2.79. The van der Waals surface area contributed by atoms with E-state index in [1.807, 2.05) is 6.92 Å². The molecule has 0 amide bonds. The molecule has 1 rings (SSSR count). The number of nitrogens with one attached hydrogen (secondary N) is 2. The van der Waals surface area contributed by atoms with Crippen molar-refractivity contribution in [2.45, 2.75) is 19.9 Å². The molecular weight excluding hydrogens is 288 g/mol. The van der Waals surface area contributed by atoms with Gasteiger partial charge in [-0.3, -0.25) is 0 Å². The van der Waals surface area contributed by atoms with Crippen LogP contribution in [0, 0.1) is 0 Å². The highest BCUT2D eigenvalue weighted by molar-refractivity contribution is 7.87. The van der Waals surface area contributed by atoms with Crippen molar-refractivity contribution in [3.8, 4) is 0 Å². The lowest BCUT2D eigenvalue weighted by Gasteiger charge is -2.06. The van der Waals surface area contributed by atoms with Gasteiger partial charge in [0, 0.05) is 24.0 Å². The number of carbonyl (C=O) groups is 1. The molecule has 0 unspecified atom stereocenters. The van der Waals surface area contributed by atoms with Crippen LogP contribution in [-0.2, 0) is 21.5 Å². The summed E-state index contributed by atoms with van der Waals surface area (Å²) in [6.07, 6.45) is 3.18. The maximum atomic E-state index is 11.5. The van der Waals surface area contributed by atoms with E-state index in [0.29, 0.717) is 18.5 Å². The van der Waals surface area contributed by atoms with Gasteiger partial charge in [-0.1, -0.05) is 6.92 Å². The smallest absolute Gasteiger partial charge is 0.328 e. The lowest BCUT2D eigenvalue weighted by Crippen LogP contribution is -2.36. The number of aliphatic carboxylic acids is 1. The first-order chi connectivity index (χ1) is 8.94. The third-order valence-electron chi connectivity index (χ3n) is 2.15. The van der Waals surface area contributed by atoms with Gasteiger partial charge in [0.2, 0.25) is 0 Å². The molecule has 0 saturated carbocycles. The highest BCUT2D eigenvalue weighted by Crippen LogP contribution is 2.18. The van der Waals surface area contributed by atoms with E-state index in [1.54, 1.807) is 11.4 Å². The maximum absolute atomic E-state index is 11.5. The first-order valence-electron chi connectivity index (χ1n) is 5.66. The van der Waals surface area contributed by atoms with Crippen molar-refractivity contribution in [3.05, 3.63) is 28.0 Å². The van der Waals surface area contributed by atoms with Crippen molar-refractivity contribution < 1.29 is 18.3 Å². The van der Waals surface area contributed by atoms with Crippen LogP contribution in [0.15, 0.2) is 17.5 Å². The summed E-state index contributed by atoms with van der Waals surface area (Å²) in [6.45, 7) is 2.39. The van der Waals surface area contributed by atoms with E-state index in [4.69, 9.17) is 5.11 Å². The second-order valence-corrected chi connectivity index (χ2v) is 6.27. The Kier molecular flexibility index (Phi) is 6.16. The second-order valence-electron chi connectivity index (χ2n) is 3.69. The lowest BCUT2D eigenvalue weighted by molar-refractivity contribution is -0.131. The van der Waals surface area contributed by atoms with Crippen LogP contribution < -0.4 is 9.44 Å². The van der Waals surface area contributed by atoms with Gasteiger partial charge in [-0.2, -0.15) is 13.1 Å². The van der Waals surface area contributed by atoms with E-state index in [0.717, 1.165) is 11.0 Å². The molecule has 6 nitrogen and oxygen atoms in total. The van der Waals surface area contributed by atoms with E-state index < -0.39 is 16.2 Å². The largest absolute Gasteiger partial charge is 0.478 e. The van der Waals surface area contributed by atoms with Crippen LogP contribution in [0.5, 0.6) is 0 Å². The van der Waals surface area contributed by atoms with Gasteiger partial charge in [-0.05, 0) is 29.5 Å². The van der Waals surface area contributed by atoms with Gasteiger partial charge in [-0.15, -0.1) is 11.3 Å². The van der Waals surface area contributed by atoms with Crippen LogP contribution in [0.4, 0.5) is 0 Å². The molecule has 0 aliphatic heterocycles. The Bertz CT molecular complexity index is 549. The topological polar surface area (TPSA) is 95.5 Å². The monoisotopic (exact) mass is 304 g/mol. The summed E-state index contributed by atoms with van der Waals surface area (Å²) >= 11 is 1.37. The van der Waals surface area contributed by atoms with E-state index in [9.17, 15) is 13.2 Å². The third kappa shape index (κ3) is 5.97. The van der Waals surface area contributed by atoms with Crippen molar-refractivity contribution in [1.82, 2.24) is 9.44 Å². The molecule has 0 spiro atoms. The summed E-state index contributed by atoms with van der Waals surface area (Å²) in [5, 5.41) is 10.3. The predicted octanol–water partition coefficient (Wildman–Crippen LogP) is 1.18. The standard InChI is InChI=1S/C11H16N2O4S2/c1-2-6-12-19(16,17)13-8-10-9(5-7-18-10)3-4-11(14)15/h3-5,7,12-13H,2,6,8H2,1H3,(H,14,15)/b4-3+. The molecular formula is C11H16N2O4S2. The van der Waals surface area contributed by atoms with Crippen molar-refractivity contribution in [1.29, 1.82) is 0 Å². The van der Waals surface area contributed by atoms with Gasteiger partial charge in [0.25, 0.3) is 10.2 Å². The summed E-state index contributed by atoms with van der Waals surface area (Å²) in [5.74, 6) is -1.04. The van der Waals surface area contributed by atoms with Crippen molar-refractivity contribution in [2.24, 2.45) is 0 Å². The van der Waals surface area contributed by atoms with Gasteiger partial charge in [0.1, 0.15) is 0 Å². The van der Waals surface area contributed by atoms with Gasteiger partial charge in [-0.25, -0.2) is 9.52 Å². The lowest BCUT2D eigenvalue weighted by atomic mass is 10.2. The first-order valence-corrected chi connectivity index (χ1v) is 8.02. The second kappa shape index (κ2) is 7.39. The van der Waals surface area contributed by atoms with E-state index in [2.05, 4.69) is 9.44 Å². The molecule has 3 N–H and O–H groups in total. The van der Waals surface area contributed by atoms with Crippen LogP contribution in [0.1, 0.15) is 23.8 Å². The highest BCUT2D eigenvalue weighted by atomic mass is 32.2. The molecule has 0 bridgehead atoms. The highest BCUT2D eigenvalue weighted by Gasteiger charge is 2.10. The number of thiophene rings is 1. The number of carboxylic acid groups (broad SMARTS) is 1. The molecule has 19 heavy (non-hydrogen) atoms. The van der Waals surface area contributed by atoms with E-state index >= 15 is 0 Å². The Morgan fingerprint density at radius 2 is 2.21 bits per heavy atom. The Labute approximate surface area is 116 Å². The summed E-state index contributed by atoms with van der Waals surface area (Å²) in [5.41, 5.74) is 0.700. The molecule has 0 fully saturated rings. The minimum atomic E-state index is -3.50. The minimum absolute atomic E-state index is 0.135. The van der Waals surface area contributed by atoms with Crippen LogP contribution in [0.25, 0.3) is 6.08 Å². The zero-order chi connectivity index (χ0) is 14.3. The Balaban J connectivity index is 2.64. The Morgan fingerprint density at radius 3 is 2.84 bits per heavy atom. The molecule has 0 saturated heterocycles. The van der Waals surface area contributed by atoms with Crippen LogP contribution >= 0.6 is 11.3 Å². The maximum Gasteiger partial charge on any atom is 0.328 e. The SMILES string of the molecule is CCCNS(=O)(=O)NCc1sccc1/C=C/C(=O)O. The van der Waals surface area contributed by atoms with Gasteiger partial charge in [0.05, 0.1) is 0 Å². The number of carboxylic acids is 1. The molecule has 0 aromatic carbocycles. The fraction of sp³-hybridized carbons (Fsp3) is 0.364. The third-order valence-corrected chi connectivity index (χ3v) is 4.20. The zero-order valence-electron chi connectivity index (χ0n) is 10.4. The normalized spacial score (nSPS) is 12.1. The van der Waals surface area contributed by atoms with Gasteiger partial charge in [0.15, 0.2) is 0 Å². The molecule has 0 radical (unpaired) electrons. The molecule has 0 aliphatic rings. The Morgan fingerprint density at radius 1 is 1.47 bits per heavy atom. The quantitative estimate of drug-likeness (QED) is 0.628. The fourth-order valence-electron chi connectivity index (χ4n) is 1.25. The molecule has 1 heterocycles. The van der Waals surface area contributed by atoms with Crippen molar-refractivity contribution >= 4 is 33.6 Å². The summed E-state index contributed by atoms with van der Waals surface area (Å²) in [6, 6.07) is 1.74. The van der Waals surface area contributed by atoms with Crippen molar-refractivity contribution in [2.75, 3.05) is 6.54 Å². The molecule has 0 aliphatic carbocycles. The van der Waals surface area contributed by atoms with Gasteiger partial charge >= 0.3 is 5.97 Å². The van der Waals surface area contributed by atoms with E-state index in [-0.39, 0.29) is 6.54 Å². The fourth-order valence-corrected chi connectivity index (χ4v) is 3.06. The molecule has 0 atom stereocenters. The van der Waals surface area contributed by atoms with Crippen LogP contribution in [0.3, 0.4) is 0 Å². The van der Waals surface area contributed by atoms with E-state index in [1.165, 1.54) is 17.4 Å². The van der Waals surface area contributed by atoms with Gasteiger partial charge < -0.3 is 5.11 Å². The summed E-state index contributed by atoms with van der Waals surface area (Å²) in [7, 11) is -3.50. The number of rotatable bonds is 8. The average molecular weight is 304 g/mol. The number of hydrogen-bond acceptors (Lipinski definition) is 4. The zero-order valence-corrected chi connectivity index (χ0v) is 12.1. The Hall–Kier alpha value is -1.22. The molecule has 1 aromatic heterocycles. The van der Waals surface area contributed by atoms with Crippen molar-refractivity contribution in [3.63, 3.8) is 0 Å². The molecule has 106 valence electrons. The predicted molar refractivity (Wildman–Crippen MR) is 75.0 cm³/mol. The van der Waals surface area contributed by atoms with Crippen LogP contribution in [-0.4, -0.2) is 26.0 Å². The summed E-state index contributed by atoms with van der Waals surface area (Å²) < 4.78 is 27.9. The van der Waals surface area contributed by atoms with Crippen LogP contribution in [0.2, 0.25) is 0 Å². The summed E-state index contributed by atoms with van der Waals surface area (Å²) in [4.78, 5) is 11.2. The minimum Gasteiger partial charge on any atom is -0.478 e. The molecule has 1 aromatic rings. The first kappa shape index (κ1) is 15.8.